The molecular weight excluding hydrogens is 262 g/mol. The number of hydrogen-bond acceptors (Lipinski definition) is 4. The number of fused-ring (bicyclic) bond motifs is 1. The molecule has 7 heteroatoms. The van der Waals surface area contributed by atoms with Gasteiger partial charge in [-0.3, -0.25) is 30.1 Å². The molecular formula is C13H21N3O4. The highest BCUT2D eigenvalue weighted by atomic mass is 16.4. The maximum Gasteiger partial charge on any atom is 0.320 e. The minimum atomic E-state index is -0.869. The van der Waals surface area contributed by atoms with Gasteiger partial charge in [-0.1, -0.05) is 12.8 Å². The van der Waals surface area contributed by atoms with Crippen LogP contribution in [0.5, 0.6) is 0 Å². The van der Waals surface area contributed by atoms with Crippen LogP contribution in [0.4, 0.5) is 0 Å². The molecule has 0 bridgehead atoms. The Labute approximate surface area is 117 Å². The molecule has 1 aliphatic heterocycles. The largest absolute Gasteiger partial charge is 0.480 e. The lowest BCUT2D eigenvalue weighted by atomic mass is 9.85. The molecule has 3 N–H and O–H groups in total. The normalized spacial score (nSPS) is 29.6. The minimum absolute atomic E-state index is 0.0123. The van der Waals surface area contributed by atoms with E-state index in [0.29, 0.717) is 12.3 Å². The van der Waals surface area contributed by atoms with Gasteiger partial charge in [-0.15, -0.1) is 0 Å². The zero-order valence-corrected chi connectivity index (χ0v) is 11.6. The summed E-state index contributed by atoms with van der Waals surface area (Å²) < 4.78 is 0. The van der Waals surface area contributed by atoms with Gasteiger partial charge in [0.25, 0.3) is 5.91 Å². The first-order valence-electron chi connectivity index (χ1n) is 7.03. The van der Waals surface area contributed by atoms with Crippen molar-refractivity contribution in [3.8, 4) is 0 Å². The summed E-state index contributed by atoms with van der Waals surface area (Å²) in [6, 6.07) is -0.417. The Morgan fingerprint density at radius 1 is 1.20 bits per heavy atom. The number of rotatable bonds is 3. The number of amides is 2. The van der Waals surface area contributed by atoms with E-state index < -0.39 is 12.0 Å². The highest BCUT2D eigenvalue weighted by Crippen LogP contribution is 2.39. The fourth-order valence-electron chi connectivity index (χ4n) is 3.39. The lowest BCUT2D eigenvalue weighted by molar-refractivity contribution is -0.143. The smallest absolute Gasteiger partial charge is 0.320 e. The zero-order valence-electron chi connectivity index (χ0n) is 11.6. The first kappa shape index (κ1) is 14.8. The van der Waals surface area contributed by atoms with Crippen LogP contribution in [-0.2, 0) is 14.4 Å². The number of carbonyl (C=O) groups excluding carboxylic acids is 2. The molecule has 1 heterocycles. The molecule has 1 aliphatic carbocycles. The molecule has 0 spiro atoms. The van der Waals surface area contributed by atoms with Gasteiger partial charge >= 0.3 is 5.97 Å². The summed E-state index contributed by atoms with van der Waals surface area (Å²) in [6.45, 7) is 1.31. The third kappa shape index (κ3) is 3.27. The van der Waals surface area contributed by atoms with Crippen molar-refractivity contribution in [2.24, 2.45) is 5.92 Å². The van der Waals surface area contributed by atoms with Crippen LogP contribution in [0.15, 0.2) is 0 Å². The van der Waals surface area contributed by atoms with Crippen LogP contribution in [0.3, 0.4) is 0 Å². The summed E-state index contributed by atoms with van der Waals surface area (Å²) in [5.41, 5.74) is 4.51. The van der Waals surface area contributed by atoms with Crippen LogP contribution in [0, 0.1) is 5.92 Å². The standard InChI is InChI=1S/C13H21N3O4/c1-8(17)14-15-12(18)7-16-10-5-3-2-4-9(10)6-11(16)13(19)20/h9-11H,2-7H2,1H3,(H,14,17)(H,15,18)(H,19,20). The maximum atomic E-state index is 11.8. The minimum Gasteiger partial charge on any atom is -0.480 e. The van der Waals surface area contributed by atoms with Crippen molar-refractivity contribution < 1.29 is 19.5 Å². The van der Waals surface area contributed by atoms with Crippen LogP contribution in [-0.4, -0.2) is 46.4 Å². The van der Waals surface area contributed by atoms with Gasteiger partial charge < -0.3 is 5.11 Å². The number of nitrogens with zero attached hydrogens (tertiary/aromatic N) is 1. The Morgan fingerprint density at radius 3 is 2.55 bits per heavy atom. The third-order valence-electron chi connectivity index (χ3n) is 4.21. The Kier molecular flexibility index (Phi) is 4.59. The van der Waals surface area contributed by atoms with E-state index in [4.69, 9.17) is 0 Å². The van der Waals surface area contributed by atoms with Crippen molar-refractivity contribution in [2.45, 2.75) is 51.1 Å². The second kappa shape index (κ2) is 6.21. The quantitative estimate of drug-likeness (QED) is 0.627. The van der Waals surface area contributed by atoms with E-state index in [0.717, 1.165) is 25.7 Å². The summed E-state index contributed by atoms with van der Waals surface area (Å²) in [5.74, 6) is -1.23. The first-order chi connectivity index (χ1) is 9.49. The number of carboxylic acid groups (broad SMARTS) is 1. The maximum absolute atomic E-state index is 11.8. The second-order valence-corrected chi connectivity index (χ2v) is 5.60. The van der Waals surface area contributed by atoms with Crippen LogP contribution in [0.1, 0.15) is 39.0 Å². The Hall–Kier alpha value is -1.63. The van der Waals surface area contributed by atoms with Gasteiger partial charge in [0, 0.05) is 13.0 Å². The highest BCUT2D eigenvalue weighted by Gasteiger charge is 2.45. The Balaban J connectivity index is 1.99. The first-order valence-corrected chi connectivity index (χ1v) is 7.03. The van der Waals surface area contributed by atoms with Crippen molar-refractivity contribution in [1.82, 2.24) is 15.8 Å². The molecule has 1 saturated heterocycles. The lowest BCUT2D eigenvalue weighted by Crippen LogP contribution is -2.50. The predicted molar refractivity (Wildman–Crippen MR) is 70.5 cm³/mol. The molecule has 0 aromatic rings. The predicted octanol–water partition coefficient (Wildman–Crippen LogP) is -0.129. The van der Waals surface area contributed by atoms with Gasteiger partial charge in [-0.05, 0) is 25.2 Å². The molecule has 2 aliphatic rings. The lowest BCUT2D eigenvalue weighted by Gasteiger charge is -2.32. The number of hydrazine groups is 1. The van der Waals surface area contributed by atoms with Gasteiger partial charge in [0.1, 0.15) is 6.04 Å². The summed E-state index contributed by atoms with van der Waals surface area (Å²) in [5, 5.41) is 9.32. The van der Waals surface area contributed by atoms with Crippen molar-refractivity contribution in [3.05, 3.63) is 0 Å². The molecule has 1 saturated carbocycles. The van der Waals surface area contributed by atoms with E-state index in [1.807, 2.05) is 0 Å². The van der Waals surface area contributed by atoms with Crippen molar-refractivity contribution in [3.63, 3.8) is 0 Å². The summed E-state index contributed by atoms with van der Waals surface area (Å²) in [4.78, 5) is 35.7. The van der Waals surface area contributed by atoms with Crippen LogP contribution >= 0.6 is 0 Å². The van der Waals surface area contributed by atoms with Crippen LogP contribution in [0.25, 0.3) is 0 Å². The summed E-state index contributed by atoms with van der Waals surface area (Å²) >= 11 is 0. The molecule has 112 valence electrons. The molecule has 0 aromatic carbocycles. The van der Waals surface area contributed by atoms with Crippen molar-refractivity contribution in [2.75, 3.05) is 6.54 Å². The second-order valence-electron chi connectivity index (χ2n) is 5.60. The average molecular weight is 283 g/mol. The van der Waals surface area contributed by atoms with Gasteiger partial charge in [-0.2, -0.15) is 0 Å². The molecule has 0 radical (unpaired) electrons. The van der Waals surface area contributed by atoms with E-state index in [1.54, 1.807) is 4.90 Å². The van der Waals surface area contributed by atoms with Crippen molar-refractivity contribution >= 4 is 17.8 Å². The van der Waals surface area contributed by atoms with E-state index >= 15 is 0 Å². The highest BCUT2D eigenvalue weighted by molar-refractivity contribution is 5.83. The molecule has 3 unspecified atom stereocenters. The molecule has 2 rings (SSSR count). The third-order valence-corrected chi connectivity index (χ3v) is 4.21. The van der Waals surface area contributed by atoms with Gasteiger partial charge in [0.15, 0.2) is 0 Å². The van der Waals surface area contributed by atoms with Gasteiger partial charge in [-0.25, -0.2) is 0 Å². The molecule has 20 heavy (non-hydrogen) atoms. The molecule has 0 aromatic heterocycles. The number of carbonyl (C=O) groups is 3. The number of hydrogen-bond donors (Lipinski definition) is 3. The molecule has 3 atom stereocenters. The zero-order chi connectivity index (χ0) is 14.7. The molecule has 2 amide bonds. The average Bonchev–Trinajstić information content (AvgIpc) is 2.76. The van der Waals surface area contributed by atoms with Crippen LogP contribution < -0.4 is 10.9 Å². The molecule has 2 fully saturated rings. The fraction of sp³-hybridized carbons (Fsp3) is 0.769. The Morgan fingerprint density at radius 2 is 1.90 bits per heavy atom. The molecule has 7 nitrogen and oxygen atoms in total. The monoisotopic (exact) mass is 283 g/mol. The number of nitrogens with one attached hydrogen (secondary N) is 2. The topological polar surface area (TPSA) is 98.7 Å². The number of carboxylic acids is 1. The van der Waals surface area contributed by atoms with E-state index in [1.165, 1.54) is 6.92 Å². The SMILES string of the molecule is CC(=O)NNC(=O)CN1C(C(=O)O)CC2CCCCC21. The van der Waals surface area contributed by atoms with E-state index in [9.17, 15) is 19.5 Å². The van der Waals surface area contributed by atoms with E-state index in [-0.39, 0.29) is 24.4 Å². The van der Waals surface area contributed by atoms with Crippen LogP contribution in [0.2, 0.25) is 0 Å². The van der Waals surface area contributed by atoms with E-state index in [2.05, 4.69) is 10.9 Å². The Bertz CT molecular complexity index is 412. The number of likely N-dealkylation sites (tertiary alicyclic amines) is 1. The fourth-order valence-corrected chi connectivity index (χ4v) is 3.39. The summed E-state index contributed by atoms with van der Waals surface area (Å²) in [7, 11) is 0. The van der Waals surface area contributed by atoms with Crippen molar-refractivity contribution in [1.29, 1.82) is 0 Å². The number of aliphatic carboxylic acids is 1. The van der Waals surface area contributed by atoms with Gasteiger partial charge in [0.2, 0.25) is 5.91 Å². The van der Waals surface area contributed by atoms with Gasteiger partial charge in [0.05, 0.1) is 6.54 Å². The summed E-state index contributed by atoms with van der Waals surface area (Å²) in [6.07, 6.45) is 4.82.